The van der Waals surface area contributed by atoms with E-state index in [9.17, 15) is 5.11 Å². The molecule has 2 rings (SSSR count). The number of hydrogen-bond donors (Lipinski definition) is 1. The summed E-state index contributed by atoms with van der Waals surface area (Å²) in [6.07, 6.45) is 3.45. The van der Waals surface area contributed by atoms with Crippen molar-refractivity contribution in [1.82, 2.24) is 0 Å². The largest absolute Gasteiger partial charge is 0.389 e. The van der Waals surface area contributed by atoms with Crippen LogP contribution >= 0.6 is 15.9 Å². The maximum Gasteiger partial charge on any atom is 0.0782 e. The molecule has 0 bridgehead atoms. The number of aliphatic hydroxyl groups is 1. The molecule has 1 aliphatic rings. The molecule has 0 amide bonds. The number of anilines is 1. The monoisotopic (exact) mass is 311 g/mol. The van der Waals surface area contributed by atoms with E-state index >= 15 is 0 Å². The molecule has 0 aliphatic heterocycles. The van der Waals surface area contributed by atoms with Crippen LogP contribution in [0.3, 0.4) is 0 Å². The van der Waals surface area contributed by atoms with Gasteiger partial charge in [0.1, 0.15) is 0 Å². The Morgan fingerprint density at radius 1 is 1.44 bits per heavy atom. The van der Waals surface area contributed by atoms with Gasteiger partial charge in [0.15, 0.2) is 0 Å². The van der Waals surface area contributed by atoms with E-state index in [1.807, 2.05) is 19.1 Å². The predicted molar refractivity (Wildman–Crippen MR) is 80.0 cm³/mol. The fraction of sp³-hybridized carbons (Fsp3) is 0.600. The Hall–Kier alpha value is -0.540. The zero-order valence-electron chi connectivity index (χ0n) is 11.2. The molecule has 0 radical (unpaired) electrons. The van der Waals surface area contributed by atoms with Crippen LogP contribution in [0.2, 0.25) is 0 Å². The lowest BCUT2D eigenvalue weighted by Gasteiger charge is -2.28. The highest BCUT2D eigenvalue weighted by Crippen LogP contribution is 2.35. The molecule has 0 saturated heterocycles. The van der Waals surface area contributed by atoms with E-state index in [2.05, 4.69) is 33.8 Å². The lowest BCUT2D eigenvalue weighted by Crippen LogP contribution is -2.27. The molecule has 0 spiro atoms. The zero-order valence-corrected chi connectivity index (χ0v) is 12.8. The number of benzene rings is 1. The molecule has 1 aromatic rings. The lowest BCUT2D eigenvalue weighted by molar-refractivity contribution is 0.199. The summed E-state index contributed by atoms with van der Waals surface area (Å²) < 4.78 is 1.08. The van der Waals surface area contributed by atoms with Crippen LogP contribution in [-0.4, -0.2) is 18.2 Å². The lowest BCUT2D eigenvalue weighted by atomic mass is 10.1. The number of rotatable bonds is 6. The van der Waals surface area contributed by atoms with Gasteiger partial charge in [0.05, 0.1) is 6.10 Å². The Morgan fingerprint density at radius 2 is 2.17 bits per heavy atom. The molecule has 0 heterocycles. The van der Waals surface area contributed by atoms with Crippen molar-refractivity contribution in [2.45, 2.75) is 39.2 Å². The molecule has 0 aromatic heterocycles. The highest BCUT2D eigenvalue weighted by atomic mass is 79.9. The molecule has 100 valence electrons. The van der Waals surface area contributed by atoms with Crippen molar-refractivity contribution in [3.63, 3.8) is 0 Å². The second-order valence-corrected chi connectivity index (χ2v) is 6.18. The predicted octanol–water partition coefficient (Wildman–Crippen LogP) is 4.13. The third-order valence-electron chi connectivity index (χ3n) is 3.45. The Morgan fingerprint density at radius 3 is 2.72 bits per heavy atom. The van der Waals surface area contributed by atoms with Crippen molar-refractivity contribution in [3.8, 4) is 0 Å². The maximum atomic E-state index is 9.92. The van der Waals surface area contributed by atoms with Gasteiger partial charge in [0.25, 0.3) is 0 Å². The normalized spacial score (nSPS) is 16.7. The van der Waals surface area contributed by atoms with Crippen LogP contribution in [0, 0.1) is 5.92 Å². The van der Waals surface area contributed by atoms with Crippen molar-refractivity contribution in [1.29, 1.82) is 0 Å². The molecular formula is C15H22BrNO. The van der Waals surface area contributed by atoms with Crippen LogP contribution in [0.15, 0.2) is 22.7 Å². The molecule has 1 aromatic carbocycles. The number of hydrogen-bond acceptors (Lipinski definition) is 2. The number of nitrogens with zero attached hydrogens (tertiary/aromatic N) is 1. The molecule has 1 aliphatic carbocycles. The van der Waals surface area contributed by atoms with Gasteiger partial charge in [0, 0.05) is 28.8 Å². The van der Waals surface area contributed by atoms with Gasteiger partial charge in [0.2, 0.25) is 0 Å². The summed E-state index contributed by atoms with van der Waals surface area (Å²) >= 11 is 3.54. The Balaban J connectivity index is 2.27. The van der Waals surface area contributed by atoms with E-state index in [1.54, 1.807) is 0 Å². The summed E-state index contributed by atoms with van der Waals surface area (Å²) in [6, 6.07) is 6.17. The van der Waals surface area contributed by atoms with Crippen LogP contribution < -0.4 is 4.90 Å². The van der Waals surface area contributed by atoms with Gasteiger partial charge in [-0.2, -0.15) is 0 Å². The first-order valence-electron chi connectivity index (χ1n) is 6.84. The third-order valence-corrected chi connectivity index (χ3v) is 3.95. The molecule has 2 nitrogen and oxygen atoms in total. The molecule has 18 heavy (non-hydrogen) atoms. The highest BCUT2D eigenvalue weighted by Gasteiger charge is 2.25. The smallest absolute Gasteiger partial charge is 0.0782 e. The van der Waals surface area contributed by atoms with Crippen LogP contribution in [0.1, 0.15) is 44.8 Å². The molecular weight excluding hydrogens is 290 g/mol. The van der Waals surface area contributed by atoms with Gasteiger partial charge in [-0.05, 0) is 44.2 Å². The van der Waals surface area contributed by atoms with Crippen molar-refractivity contribution in [2.24, 2.45) is 5.92 Å². The molecule has 1 atom stereocenters. The average molecular weight is 312 g/mol. The van der Waals surface area contributed by atoms with Gasteiger partial charge in [-0.3, -0.25) is 0 Å². The molecule has 1 N–H and O–H groups in total. The van der Waals surface area contributed by atoms with Crippen molar-refractivity contribution < 1.29 is 5.11 Å². The highest BCUT2D eigenvalue weighted by molar-refractivity contribution is 9.10. The quantitative estimate of drug-likeness (QED) is 0.854. The van der Waals surface area contributed by atoms with E-state index < -0.39 is 6.10 Å². The minimum absolute atomic E-state index is 0.411. The Labute approximate surface area is 118 Å². The zero-order chi connectivity index (χ0) is 13.1. The number of halogens is 1. The first-order valence-corrected chi connectivity index (χ1v) is 7.63. The summed E-state index contributed by atoms with van der Waals surface area (Å²) in [7, 11) is 0. The average Bonchev–Trinajstić information content (AvgIpc) is 3.12. The van der Waals surface area contributed by atoms with Gasteiger partial charge < -0.3 is 10.0 Å². The van der Waals surface area contributed by atoms with E-state index in [0.29, 0.717) is 0 Å². The molecule has 1 fully saturated rings. The summed E-state index contributed by atoms with van der Waals surface area (Å²) in [4.78, 5) is 2.44. The Bertz CT molecular complexity index is 401. The van der Waals surface area contributed by atoms with Crippen LogP contribution in [-0.2, 0) is 0 Å². The summed E-state index contributed by atoms with van der Waals surface area (Å²) in [5.41, 5.74) is 2.22. The van der Waals surface area contributed by atoms with E-state index in [0.717, 1.165) is 35.5 Å². The molecule has 3 heteroatoms. The van der Waals surface area contributed by atoms with E-state index in [1.165, 1.54) is 18.5 Å². The Kier molecular flexibility index (Phi) is 4.68. The first kappa shape index (κ1) is 13.9. The van der Waals surface area contributed by atoms with Crippen LogP contribution in [0.4, 0.5) is 5.69 Å². The van der Waals surface area contributed by atoms with Gasteiger partial charge in [-0.25, -0.2) is 0 Å². The standard InChI is InChI=1S/C15H22BrNO/c1-3-8-17(10-12-4-5-12)15-9-13(16)6-7-14(15)11(2)18/h6-7,9,11-12,18H,3-5,8,10H2,1-2H3. The SMILES string of the molecule is CCCN(CC1CC1)c1cc(Br)ccc1C(C)O. The fourth-order valence-electron chi connectivity index (χ4n) is 2.34. The minimum atomic E-state index is -0.411. The van der Waals surface area contributed by atoms with Crippen molar-refractivity contribution >= 4 is 21.6 Å². The topological polar surface area (TPSA) is 23.5 Å². The third kappa shape index (κ3) is 3.48. The molecule has 1 saturated carbocycles. The summed E-state index contributed by atoms with van der Waals surface area (Å²) in [5.74, 6) is 0.859. The first-order chi connectivity index (χ1) is 8.61. The maximum absolute atomic E-state index is 9.92. The minimum Gasteiger partial charge on any atom is -0.389 e. The van der Waals surface area contributed by atoms with Crippen LogP contribution in [0.5, 0.6) is 0 Å². The second kappa shape index (κ2) is 6.07. The van der Waals surface area contributed by atoms with Crippen LogP contribution in [0.25, 0.3) is 0 Å². The van der Waals surface area contributed by atoms with Gasteiger partial charge in [-0.15, -0.1) is 0 Å². The second-order valence-electron chi connectivity index (χ2n) is 5.27. The fourth-order valence-corrected chi connectivity index (χ4v) is 2.69. The van der Waals surface area contributed by atoms with E-state index in [-0.39, 0.29) is 0 Å². The summed E-state index contributed by atoms with van der Waals surface area (Å²) in [6.45, 7) is 6.24. The molecule has 1 unspecified atom stereocenters. The van der Waals surface area contributed by atoms with Gasteiger partial charge >= 0.3 is 0 Å². The summed E-state index contributed by atoms with van der Waals surface area (Å²) in [5, 5.41) is 9.92. The van der Waals surface area contributed by atoms with Crippen molar-refractivity contribution in [3.05, 3.63) is 28.2 Å². The number of aliphatic hydroxyl groups excluding tert-OH is 1. The van der Waals surface area contributed by atoms with Gasteiger partial charge in [-0.1, -0.05) is 28.9 Å². The van der Waals surface area contributed by atoms with E-state index in [4.69, 9.17) is 0 Å². The van der Waals surface area contributed by atoms with Crippen molar-refractivity contribution in [2.75, 3.05) is 18.0 Å².